The van der Waals surface area contributed by atoms with E-state index in [0.29, 0.717) is 6.54 Å². The Kier molecular flexibility index (Phi) is 4.04. The highest BCUT2D eigenvalue weighted by molar-refractivity contribution is 6.31. The Hall–Kier alpha value is -0.770. The molecule has 0 bridgehead atoms. The molecule has 0 atom stereocenters. The van der Waals surface area contributed by atoms with E-state index in [2.05, 4.69) is 11.0 Å². The van der Waals surface area contributed by atoms with Crippen LogP contribution < -0.4 is 10.6 Å². The van der Waals surface area contributed by atoms with Gasteiger partial charge in [0.05, 0.1) is 6.61 Å². The van der Waals surface area contributed by atoms with Gasteiger partial charge in [-0.15, -0.1) is 0 Å². The van der Waals surface area contributed by atoms with Crippen LogP contribution in [0.2, 0.25) is 5.02 Å². The molecule has 1 aliphatic heterocycles. The van der Waals surface area contributed by atoms with Crippen molar-refractivity contribution in [2.24, 2.45) is 5.73 Å². The highest BCUT2D eigenvalue weighted by Gasteiger charge is 2.11. The number of benzene rings is 1. The molecule has 2 rings (SSSR count). The Bertz CT molecular complexity index is 349. The SMILES string of the molecule is NCc1ccc(N2CCCOCC2)cc1Cl. The fraction of sp³-hybridized carbons (Fsp3) is 0.500. The van der Waals surface area contributed by atoms with Crippen LogP contribution in [0, 0.1) is 0 Å². The maximum atomic E-state index is 6.15. The molecule has 0 aliphatic carbocycles. The van der Waals surface area contributed by atoms with E-state index in [1.807, 2.05) is 12.1 Å². The van der Waals surface area contributed by atoms with Crippen LogP contribution in [0.4, 0.5) is 5.69 Å². The molecule has 1 aromatic rings. The summed E-state index contributed by atoms with van der Waals surface area (Å²) < 4.78 is 5.43. The largest absolute Gasteiger partial charge is 0.380 e. The molecule has 0 radical (unpaired) electrons. The summed E-state index contributed by atoms with van der Waals surface area (Å²) >= 11 is 6.15. The Balaban J connectivity index is 2.16. The van der Waals surface area contributed by atoms with Crippen molar-refractivity contribution in [3.8, 4) is 0 Å². The zero-order valence-corrected chi connectivity index (χ0v) is 10.0. The molecular formula is C12H17ClN2O. The Morgan fingerprint density at radius 3 is 2.94 bits per heavy atom. The Morgan fingerprint density at radius 2 is 2.19 bits per heavy atom. The number of hydrogen-bond acceptors (Lipinski definition) is 3. The normalized spacial score (nSPS) is 17.2. The second-order valence-electron chi connectivity index (χ2n) is 3.93. The van der Waals surface area contributed by atoms with Gasteiger partial charge in [0.1, 0.15) is 0 Å². The molecule has 1 saturated heterocycles. The molecule has 0 saturated carbocycles. The van der Waals surface area contributed by atoms with E-state index >= 15 is 0 Å². The molecule has 0 spiro atoms. The van der Waals surface area contributed by atoms with E-state index < -0.39 is 0 Å². The number of halogens is 1. The lowest BCUT2D eigenvalue weighted by Crippen LogP contribution is -2.25. The predicted molar refractivity (Wildman–Crippen MR) is 67.0 cm³/mol. The minimum absolute atomic E-state index is 0.488. The molecule has 1 aliphatic rings. The molecule has 88 valence electrons. The molecule has 0 unspecified atom stereocenters. The van der Waals surface area contributed by atoms with Crippen molar-refractivity contribution in [3.05, 3.63) is 28.8 Å². The van der Waals surface area contributed by atoms with E-state index in [1.165, 1.54) is 0 Å². The standard InChI is InChI=1S/C12H17ClN2O/c13-12-8-11(3-2-10(12)9-14)15-4-1-6-16-7-5-15/h2-3,8H,1,4-7,9,14H2. The third kappa shape index (κ3) is 2.67. The number of nitrogens with two attached hydrogens (primary N) is 1. The van der Waals surface area contributed by atoms with E-state index in [1.54, 1.807) is 0 Å². The van der Waals surface area contributed by atoms with Gasteiger partial charge in [0.2, 0.25) is 0 Å². The highest BCUT2D eigenvalue weighted by atomic mass is 35.5. The predicted octanol–water partition coefficient (Wildman–Crippen LogP) is 2.03. The van der Waals surface area contributed by atoms with Crippen molar-refractivity contribution >= 4 is 17.3 Å². The number of hydrogen-bond donors (Lipinski definition) is 1. The van der Waals surface area contributed by atoms with Gasteiger partial charge in [-0.2, -0.15) is 0 Å². The average Bonchev–Trinajstić information content (AvgIpc) is 2.57. The summed E-state index contributed by atoms with van der Waals surface area (Å²) in [5.74, 6) is 0. The average molecular weight is 241 g/mol. The summed E-state index contributed by atoms with van der Waals surface area (Å²) in [6.45, 7) is 4.08. The molecule has 0 aromatic heterocycles. The Morgan fingerprint density at radius 1 is 1.31 bits per heavy atom. The molecule has 0 amide bonds. The third-order valence-electron chi connectivity index (χ3n) is 2.84. The number of nitrogens with zero attached hydrogens (tertiary/aromatic N) is 1. The number of ether oxygens (including phenoxy) is 1. The van der Waals surface area contributed by atoms with Crippen LogP contribution in [0.1, 0.15) is 12.0 Å². The van der Waals surface area contributed by atoms with Crippen molar-refractivity contribution < 1.29 is 4.74 Å². The summed E-state index contributed by atoms with van der Waals surface area (Å²) in [6.07, 6.45) is 1.07. The molecule has 2 N–H and O–H groups in total. The molecule has 16 heavy (non-hydrogen) atoms. The highest BCUT2D eigenvalue weighted by Crippen LogP contribution is 2.24. The molecule has 4 heteroatoms. The van der Waals surface area contributed by atoms with Crippen LogP contribution in [0.15, 0.2) is 18.2 Å². The van der Waals surface area contributed by atoms with Crippen molar-refractivity contribution in [1.29, 1.82) is 0 Å². The minimum atomic E-state index is 0.488. The van der Waals surface area contributed by atoms with Gasteiger partial charge in [0.25, 0.3) is 0 Å². The summed E-state index contributed by atoms with van der Waals surface area (Å²) in [6, 6.07) is 6.08. The fourth-order valence-electron chi connectivity index (χ4n) is 1.90. The second-order valence-corrected chi connectivity index (χ2v) is 4.34. The quantitative estimate of drug-likeness (QED) is 0.860. The van der Waals surface area contributed by atoms with E-state index in [9.17, 15) is 0 Å². The van der Waals surface area contributed by atoms with E-state index in [0.717, 1.165) is 49.0 Å². The maximum Gasteiger partial charge on any atom is 0.0641 e. The summed E-state index contributed by atoms with van der Waals surface area (Å²) in [4.78, 5) is 2.30. The van der Waals surface area contributed by atoms with Crippen LogP contribution in [-0.4, -0.2) is 26.3 Å². The van der Waals surface area contributed by atoms with Crippen molar-refractivity contribution in [2.45, 2.75) is 13.0 Å². The van der Waals surface area contributed by atoms with Crippen molar-refractivity contribution in [3.63, 3.8) is 0 Å². The van der Waals surface area contributed by atoms with Gasteiger partial charge in [-0.1, -0.05) is 17.7 Å². The topological polar surface area (TPSA) is 38.5 Å². The molecular weight excluding hydrogens is 224 g/mol. The van der Waals surface area contributed by atoms with Crippen LogP contribution in [0.5, 0.6) is 0 Å². The minimum Gasteiger partial charge on any atom is -0.380 e. The fourth-order valence-corrected chi connectivity index (χ4v) is 2.15. The van der Waals surface area contributed by atoms with Crippen LogP contribution in [0.3, 0.4) is 0 Å². The van der Waals surface area contributed by atoms with E-state index in [4.69, 9.17) is 22.1 Å². The van der Waals surface area contributed by atoms with Gasteiger partial charge < -0.3 is 15.4 Å². The van der Waals surface area contributed by atoms with Gasteiger partial charge in [0.15, 0.2) is 0 Å². The zero-order chi connectivity index (χ0) is 11.4. The van der Waals surface area contributed by atoms with Gasteiger partial charge in [0, 0.05) is 37.0 Å². The lowest BCUT2D eigenvalue weighted by molar-refractivity contribution is 0.152. The van der Waals surface area contributed by atoms with Crippen molar-refractivity contribution in [1.82, 2.24) is 0 Å². The Labute approximate surface area is 101 Å². The molecule has 1 aromatic carbocycles. The summed E-state index contributed by atoms with van der Waals surface area (Å²) in [5.41, 5.74) is 7.74. The summed E-state index contributed by atoms with van der Waals surface area (Å²) in [5, 5.41) is 0.755. The maximum absolute atomic E-state index is 6.15. The smallest absolute Gasteiger partial charge is 0.0641 e. The zero-order valence-electron chi connectivity index (χ0n) is 9.29. The second kappa shape index (κ2) is 5.53. The monoisotopic (exact) mass is 240 g/mol. The number of anilines is 1. The third-order valence-corrected chi connectivity index (χ3v) is 3.20. The van der Waals surface area contributed by atoms with Gasteiger partial charge in [-0.25, -0.2) is 0 Å². The lowest BCUT2D eigenvalue weighted by atomic mass is 10.2. The van der Waals surface area contributed by atoms with Crippen LogP contribution in [-0.2, 0) is 11.3 Å². The van der Waals surface area contributed by atoms with Gasteiger partial charge in [-0.05, 0) is 24.1 Å². The van der Waals surface area contributed by atoms with Crippen LogP contribution >= 0.6 is 11.6 Å². The molecule has 1 heterocycles. The first-order valence-corrected chi connectivity index (χ1v) is 6.00. The first-order chi connectivity index (χ1) is 7.81. The summed E-state index contributed by atoms with van der Waals surface area (Å²) in [7, 11) is 0. The van der Waals surface area contributed by atoms with Gasteiger partial charge in [-0.3, -0.25) is 0 Å². The molecule has 1 fully saturated rings. The van der Waals surface area contributed by atoms with Crippen LogP contribution in [0.25, 0.3) is 0 Å². The van der Waals surface area contributed by atoms with E-state index in [-0.39, 0.29) is 0 Å². The van der Waals surface area contributed by atoms with Gasteiger partial charge >= 0.3 is 0 Å². The first kappa shape index (κ1) is 11.7. The number of rotatable bonds is 2. The first-order valence-electron chi connectivity index (χ1n) is 5.62. The lowest BCUT2D eigenvalue weighted by Gasteiger charge is -2.22. The van der Waals surface area contributed by atoms with Crippen molar-refractivity contribution in [2.75, 3.05) is 31.2 Å². The molecule has 3 nitrogen and oxygen atoms in total.